The van der Waals surface area contributed by atoms with Gasteiger partial charge in [0, 0.05) is 17.5 Å². The first-order valence-electron chi connectivity index (χ1n) is 6.77. The van der Waals surface area contributed by atoms with Crippen LogP contribution < -0.4 is 0 Å². The van der Waals surface area contributed by atoms with Crippen molar-refractivity contribution < 1.29 is 4.84 Å². The molecule has 0 aromatic heterocycles. The van der Waals surface area contributed by atoms with E-state index in [0.717, 1.165) is 12.5 Å². The molecule has 3 fully saturated rings. The summed E-state index contributed by atoms with van der Waals surface area (Å²) in [6.45, 7) is 3.24. The molecule has 4 atom stereocenters. The molecular formula is C15H19NO. The molecule has 0 amide bonds. The second-order valence-electron chi connectivity index (χ2n) is 5.98. The summed E-state index contributed by atoms with van der Waals surface area (Å²) in [4.78, 5) is 5.95. The summed E-state index contributed by atoms with van der Waals surface area (Å²) in [5.41, 5.74) is 1.96. The Hall–Kier alpha value is -0.860. The summed E-state index contributed by atoms with van der Waals surface area (Å²) in [6, 6.07) is 12.3. The monoisotopic (exact) mass is 229 g/mol. The van der Waals surface area contributed by atoms with Gasteiger partial charge in [-0.05, 0) is 37.7 Å². The third-order valence-electron chi connectivity index (χ3n) is 5.07. The number of hydroxylamine groups is 2. The molecule has 1 aromatic rings. The Bertz CT molecular complexity index is 432. The van der Waals surface area contributed by atoms with Crippen LogP contribution in [-0.4, -0.2) is 23.8 Å². The highest BCUT2D eigenvalue weighted by atomic mass is 16.7. The van der Waals surface area contributed by atoms with Gasteiger partial charge in [-0.25, -0.2) is 0 Å². The Morgan fingerprint density at radius 2 is 2.06 bits per heavy atom. The summed E-state index contributed by atoms with van der Waals surface area (Å²) < 4.78 is 0. The number of hydrogen-bond acceptors (Lipinski definition) is 2. The molecule has 17 heavy (non-hydrogen) atoms. The van der Waals surface area contributed by atoms with Crippen molar-refractivity contribution in [2.45, 2.75) is 44.2 Å². The van der Waals surface area contributed by atoms with Crippen molar-refractivity contribution in [1.29, 1.82) is 0 Å². The highest BCUT2D eigenvalue weighted by Gasteiger charge is 2.66. The fourth-order valence-electron chi connectivity index (χ4n) is 3.99. The lowest BCUT2D eigenvalue weighted by atomic mass is 9.91. The summed E-state index contributed by atoms with van der Waals surface area (Å²) in [5, 5.41) is 2.29. The SMILES string of the molecule is C[C@@H]1CC[C@@H]2N1OC[C@]21C[C@H]1c1ccccc1. The van der Waals surface area contributed by atoms with Crippen LogP contribution in [-0.2, 0) is 4.84 Å². The Morgan fingerprint density at radius 1 is 1.24 bits per heavy atom. The molecule has 0 bridgehead atoms. The van der Waals surface area contributed by atoms with E-state index in [-0.39, 0.29) is 0 Å². The summed E-state index contributed by atoms with van der Waals surface area (Å²) in [6.07, 6.45) is 3.95. The zero-order chi connectivity index (χ0) is 11.5. The first-order chi connectivity index (χ1) is 8.31. The van der Waals surface area contributed by atoms with Gasteiger partial charge in [0.15, 0.2) is 0 Å². The second kappa shape index (κ2) is 3.33. The molecule has 2 heterocycles. The lowest BCUT2D eigenvalue weighted by Gasteiger charge is -2.20. The van der Waals surface area contributed by atoms with E-state index in [9.17, 15) is 0 Å². The summed E-state index contributed by atoms with van der Waals surface area (Å²) >= 11 is 0. The largest absolute Gasteiger partial charge is 0.298 e. The van der Waals surface area contributed by atoms with Crippen LogP contribution in [0.2, 0.25) is 0 Å². The summed E-state index contributed by atoms with van der Waals surface area (Å²) in [7, 11) is 0. The number of fused-ring (bicyclic) bond motifs is 2. The maximum absolute atomic E-state index is 5.95. The molecule has 0 unspecified atom stereocenters. The van der Waals surface area contributed by atoms with E-state index >= 15 is 0 Å². The second-order valence-corrected chi connectivity index (χ2v) is 5.98. The van der Waals surface area contributed by atoms with Crippen molar-refractivity contribution in [3.05, 3.63) is 35.9 Å². The van der Waals surface area contributed by atoms with Crippen molar-refractivity contribution in [1.82, 2.24) is 5.06 Å². The van der Waals surface area contributed by atoms with E-state index in [0.29, 0.717) is 17.5 Å². The van der Waals surface area contributed by atoms with Gasteiger partial charge in [0.2, 0.25) is 0 Å². The third-order valence-corrected chi connectivity index (χ3v) is 5.07. The van der Waals surface area contributed by atoms with Gasteiger partial charge in [0.25, 0.3) is 0 Å². The van der Waals surface area contributed by atoms with Gasteiger partial charge in [0.05, 0.1) is 6.61 Å². The molecule has 2 aliphatic heterocycles. The lowest BCUT2D eigenvalue weighted by molar-refractivity contribution is -0.138. The van der Waals surface area contributed by atoms with Crippen molar-refractivity contribution in [3.8, 4) is 0 Å². The fourth-order valence-corrected chi connectivity index (χ4v) is 3.99. The van der Waals surface area contributed by atoms with Gasteiger partial charge >= 0.3 is 0 Å². The molecular weight excluding hydrogens is 210 g/mol. The van der Waals surface area contributed by atoms with E-state index in [1.165, 1.54) is 24.8 Å². The predicted octanol–water partition coefficient (Wildman–Crippen LogP) is 2.96. The van der Waals surface area contributed by atoms with Crippen LogP contribution in [0.3, 0.4) is 0 Å². The van der Waals surface area contributed by atoms with Crippen molar-refractivity contribution in [2.75, 3.05) is 6.61 Å². The maximum atomic E-state index is 5.95. The van der Waals surface area contributed by atoms with Crippen LogP contribution >= 0.6 is 0 Å². The fraction of sp³-hybridized carbons (Fsp3) is 0.600. The number of hydrogen-bond donors (Lipinski definition) is 0. The van der Waals surface area contributed by atoms with Crippen molar-refractivity contribution in [3.63, 3.8) is 0 Å². The van der Waals surface area contributed by atoms with E-state index in [2.05, 4.69) is 42.3 Å². The predicted molar refractivity (Wildman–Crippen MR) is 66.5 cm³/mol. The first kappa shape index (κ1) is 10.1. The molecule has 90 valence electrons. The Morgan fingerprint density at radius 3 is 2.88 bits per heavy atom. The minimum absolute atomic E-state index is 0.451. The molecule has 1 saturated carbocycles. The molecule has 0 N–H and O–H groups in total. The molecule has 3 aliphatic rings. The first-order valence-corrected chi connectivity index (χ1v) is 6.77. The van der Waals surface area contributed by atoms with Crippen LogP contribution in [0.5, 0.6) is 0 Å². The van der Waals surface area contributed by atoms with E-state index in [1.807, 2.05) is 0 Å². The molecule has 1 aromatic carbocycles. The lowest BCUT2D eigenvalue weighted by Crippen LogP contribution is -2.31. The summed E-state index contributed by atoms with van der Waals surface area (Å²) in [5.74, 6) is 0.740. The molecule has 1 spiro atoms. The molecule has 0 radical (unpaired) electrons. The van der Waals surface area contributed by atoms with Crippen molar-refractivity contribution in [2.24, 2.45) is 5.41 Å². The van der Waals surface area contributed by atoms with Gasteiger partial charge in [-0.3, -0.25) is 4.84 Å². The smallest absolute Gasteiger partial charge is 0.0763 e. The highest BCUT2D eigenvalue weighted by molar-refractivity contribution is 5.33. The van der Waals surface area contributed by atoms with Gasteiger partial charge in [0.1, 0.15) is 0 Å². The van der Waals surface area contributed by atoms with Crippen molar-refractivity contribution >= 4 is 0 Å². The number of rotatable bonds is 1. The maximum Gasteiger partial charge on any atom is 0.0763 e. The minimum atomic E-state index is 0.451. The van der Waals surface area contributed by atoms with Gasteiger partial charge in [-0.15, -0.1) is 0 Å². The Labute approximate surface area is 103 Å². The average Bonchev–Trinajstić information content (AvgIpc) is 2.80. The van der Waals surface area contributed by atoms with E-state index < -0.39 is 0 Å². The van der Waals surface area contributed by atoms with E-state index in [4.69, 9.17) is 4.84 Å². The van der Waals surface area contributed by atoms with Gasteiger partial charge in [-0.2, -0.15) is 5.06 Å². The number of benzene rings is 1. The Kier molecular flexibility index (Phi) is 1.98. The third kappa shape index (κ3) is 1.28. The quantitative estimate of drug-likeness (QED) is 0.734. The Balaban J connectivity index is 1.62. The molecule has 2 nitrogen and oxygen atoms in total. The molecule has 2 heteroatoms. The van der Waals surface area contributed by atoms with Crippen LogP contribution in [0, 0.1) is 5.41 Å². The van der Waals surface area contributed by atoms with Gasteiger partial charge in [-0.1, -0.05) is 30.3 Å². The zero-order valence-corrected chi connectivity index (χ0v) is 10.3. The standard InChI is InChI=1S/C15H19NO/c1-11-7-8-14-15(10-17-16(11)14)9-13(15)12-5-3-2-4-6-12/h2-6,11,13-14H,7-10H2,1H3/t11-,13+,14+,15+/m1/s1. The molecule has 2 saturated heterocycles. The highest BCUT2D eigenvalue weighted by Crippen LogP contribution is 2.67. The number of nitrogens with zero attached hydrogens (tertiary/aromatic N) is 1. The molecule has 1 aliphatic carbocycles. The van der Waals surface area contributed by atoms with Gasteiger partial charge < -0.3 is 0 Å². The average molecular weight is 229 g/mol. The van der Waals surface area contributed by atoms with Crippen LogP contribution in [0.25, 0.3) is 0 Å². The normalized spacial score (nSPS) is 44.2. The topological polar surface area (TPSA) is 12.5 Å². The minimum Gasteiger partial charge on any atom is -0.298 e. The van der Waals surface area contributed by atoms with Crippen LogP contribution in [0.1, 0.15) is 37.7 Å². The van der Waals surface area contributed by atoms with E-state index in [1.54, 1.807) is 0 Å². The van der Waals surface area contributed by atoms with Crippen LogP contribution in [0.4, 0.5) is 0 Å². The van der Waals surface area contributed by atoms with Crippen LogP contribution in [0.15, 0.2) is 30.3 Å². The zero-order valence-electron chi connectivity index (χ0n) is 10.3. The molecule has 4 rings (SSSR count).